The molecule has 2 aromatic carbocycles. The quantitative estimate of drug-likeness (QED) is 0.641. The predicted molar refractivity (Wildman–Crippen MR) is 119 cm³/mol. The molecule has 0 aromatic heterocycles. The average molecular weight is 413 g/mol. The number of fused-ring (bicyclic) bond motifs is 3. The Balaban J connectivity index is 1.59. The van der Waals surface area contributed by atoms with Crippen LogP contribution in [0.5, 0.6) is 5.75 Å². The number of hydrogen-bond donors (Lipinski definition) is 1. The van der Waals surface area contributed by atoms with Gasteiger partial charge in [0, 0.05) is 10.7 Å². The molecule has 29 heavy (non-hydrogen) atoms. The molecule has 0 unspecified atom stereocenters. The fourth-order valence-electron chi connectivity index (χ4n) is 4.70. The fourth-order valence-corrected chi connectivity index (χ4v) is 6.18. The summed E-state index contributed by atoms with van der Waals surface area (Å²) in [5, 5.41) is 10.6. The van der Waals surface area contributed by atoms with E-state index in [0.29, 0.717) is 12.5 Å². The molecule has 4 rings (SSSR count). The van der Waals surface area contributed by atoms with Gasteiger partial charge in [-0.15, -0.1) is 11.8 Å². The molecule has 156 valence electrons. The second-order valence-corrected chi connectivity index (χ2v) is 10.5. The van der Waals surface area contributed by atoms with Crippen molar-refractivity contribution in [2.45, 2.75) is 75.5 Å². The minimum atomic E-state index is -0.423. The Labute approximate surface area is 178 Å². The van der Waals surface area contributed by atoms with Crippen molar-refractivity contribution in [2.24, 2.45) is 5.92 Å². The topological polar surface area (TPSA) is 38.7 Å². The first-order valence-corrected chi connectivity index (χ1v) is 11.7. The Morgan fingerprint density at radius 1 is 1.17 bits per heavy atom. The van der Waals surface area contributed by atoms with Gasteiger partial charge in [0.15, 0.2) is 0 Å². The Morgan fingerprint density at radius 2 is 1.97 bits per heavy atom. The molecule has 1 aliphatic carbocycles. The molecule has 2 aromatic rings. The van der Waals surface area contributed by atoms with E-state index >= 15 is 0 Å². The molecule has 1 saturated heterocycles. The van der Waals surface area contributed by atoms with Crippen LogP contribution < -0.4 is 4.74 Å². The van der Waals surface area contributed by atoms with Crippen LogP contribution in [-0.2, 0) is 17.8 Å². The normalized spacial score (nSPS) is 26.3. The zero-order valence-corrected chi connectivity index (χ0v) is 18.5. The van der Waals surface area contributed by atoms with Gasteiger partial charge in [0.05, 0.1) is 12.2 Å². The number of benzene rings is 2. The molecule has 1 fully saturated rings. The highest BCUT2D eigenvalue weighted by atomic mass is 32.2. The fraction of sp³-hybridized carbons (Fsp3) is 0.520. The van der Waals surface area contributed by atoms with Gasteiger partial charge in [-0.1, -0.05) is 69.7 Å². The van der Waals surface area contributed by atoms with E-state index in [-0.39, 0.29) is 16.3 Å². The molecular formula is C25H32O3S. The molecule has 4 heteroatoms. The molecule has 0 amide bonds. The zero-order chi connectivity index (χ0) is 20.4. The maximum atomic E-state index is 10.6. The highest BCUT2D eigenvalue weighted by Gasteiger charge is 2.48. The summed E-state index contributed by atoms with van der Waals surface area (Å²) in [6.45, 7) is 7.30. The van der Waals surface area contributed by atoms with Crippen LogP contribution in [0.3, 0.4) is 0 Å². The number of aliphatic hydroxyl groups is 1. The van der Waals surface area contributed by atoms with Gasteiger partial charge in [0.1, 0.15) is 17.8 Å². The molecular weight excluding hydrogens is 380 g/mol. The number of thioether (sulfide) groups is 1. The van der Waals surface area contributed by atoms with Crippen LogP contribution in [-0.4, -0.2) is 21.4 Å². The van der Waals surface area contributed by atoms with Gasteiger partial charge in [0.2, 0.25) is 0 Å². The van der Waals surface area contributed by atoms with Crippen molar-refractivity contribution in [1.82, 2.24) is 0 Å². The van der Waals surface area contributed by atoms with Gasteiger partial charge in [-0.25, -0.2) is 0 Å². The molecule has 1 heterocycles. The predicted octanol–water partition coefficient (Wildman–Crippen LogP) is 5.90. The summed E-state index contributed by atoms with van der Waals surface area (Å²) >= 11 is 1.81. The summed E-state index contributed by atoms with van der Waals surface area (Å²) in [5.41, 5.74) is 3.52. The van der Waals surface area contributed by atoms with Gasteiger partial charge < -0.3 is 14.6 Å². The molecule has 3 nitrogen and oxygen atoms in total. The van der Waals surface area contributed by atoms with Gasteiger partial charge in [0.25, 0.3) is 0 Å². The first-order valence-electron chi connectivity index (χ1n) is 10.8. The van der Waals surface area contributed by atoms with E-state index in [4.69, 9.17) is 9.47 Å². The summed E-state index contributed by atoms with van der Waals surface area (Å²) in [4.78, 5) is 0. The minimum absolute atomic E-state index is 0.0202. The largest absolute Gasteiger partial charge is 0.489 e. The lowest BCUT2D eigenvalue weighted by Gasteiger charge is -2.50. The van der Waals surface area contributed by atoms with Gasteiger partial charge in [-0.05, 0) is 42.0 Å². The van der Waals surface area contributed by atoms with E-state index in [2.05, 4.69) is 51.1 Å². The molecule has 0 radical (unpaired) electrons. The van der Waals surface area contributed by atoms with Crippen LogP contribution in [0.1, 0.15) is 62.8 Å². The molecule has 2 aliphatic rings. The second kappa shape index (κ2) is 8.71. The summed E-state index contributed by atoms with van der Waals surface area (Å²) < 4.78 is 12.8. The van der Waals surface area contributed by atoms with Crippen LogP contribution >= 0.6 is 11.8 Å². The van der Waals surface area contributed by atoms with E-state index in [1.165, 1.54) is 16.7 Å². The van der Waals surface area contributed by atoms with Crippen molar-refractivity contribution < 1.29 is 14.6 Å². The molecule has 0 spiro atoms. The smallest absolute Gasteiger partial charge is 0.130 e. The van der Waals surface area contributed by atoms with E-state index in [1.54, 1.807) is 11.8 Å². The summed E-state index contributed by atoms with van der Waals surface area (Å²) in [6.07, 6.45) is 3.43. The second-order valence-electron chi connectivity index (χ2n) is 8.75. The van der Waals surface area contributed by atoms with Crippen LogP contribution in [0.25, 0.3) is 0 Å². The summed E-state index contributed by atoms with van der Waals surface area (Å²) in [6, 6.07) is 16.6. The minimum Gasteiger partial charge on any atom is -0.489 e. The van der Waals surface area contributed by atoms with E-state index in [1.807, 2.05) is 18.2 Å². The maximum absolute atomic E-state index is 10.6. The number of ether oxygens (including phenoxy) is 2. The lowest BCUT2D eigenvalue weighted by molar-refractivity contribution is -0.0805. The third-order valence-electron chi connectivity index (χ3n) is 6.28. The Morgan fingerprint density at radius 3 is 2.72 bits per heavy atom. The third kappa shape index (κ3) is 4.35. The van der Waals surface area contributed by atoms with E-state index in [9.17, 15) is 5.11 Å². The molecule has 4 atom stereocenters. The van der Waals surface area contributed by atoms with Crippen molar-refractivity contribution in [3.8, 4) is 5.75 Å². The Bertz CT molecular complexity index is 820. The van der Waals surface area contributed by atoms with Crippen molar-refractivity contribution in [3.63, 3.8) is 0 Å². The highest BCUT2D eigenvalue weighted by Crippen LogP contribution is 2.55. The van der Waals surface area contributed by atoms with Gasteiger partial charge in [-0.2, -0.15) is 0 Å². The van der Waals surface area contributed by atoms with Crippen molar-refractivity contribution in [3.05, 3.63) is 65.2 Å². The first-order chi connectivity index (χ1) is 14.0. The van der Waals surface area contributed by atoms with Crippen molar-refractivity contribution in [1.29, 1.82) is 0 Å². The molecule has 0 bridgehead atoms. The van der Waals surface area contributed by atoms with Crippen LogP contribution in [0, 0.1) is 5.92 Å². The van der Waals surface area contributed by atoms with Crippen molar-refractivity contribution in [2.75, 3.05) is 0 Å². The Hall–Kier alpha value is -1.49. The molecule has 1 aliphatic heterocycles. The van der Waals surface area contributed by atoms with Gasteiger partial charge >= 0.3 is 0 Å². The standard InChI is InChI=1S/C25H32O3S/c1-4-9-21(26)24-28-23-19-12-8-13-22(27-16-17-10-6-5-7-11-17)18(19)14-15-20(23)25(2,3)29-24/h5-8,10-13,20-21,23-24,26H,4,9,14-16H2,1-3H3/t20-,21-,23+,24-/m1/s1. The van der Waals surface area contributed by atoms with Gasteiger partial charge in [-0.3, -0.25) is 0 Å². The highest BCUT2D eigenvalue weighted by molar-refractivity contribution is 8.01. The average Bonchev–Trinajstić information content (AvgIpc) is 2.72. The Kier molecular flexibility index (Phi) is 6.24. The summed E-state index contributed by atoms with van der Waals surface area (Å²) in [7, 11) is 0. The number of rotatable bonds is 6. The lowest BCUT2D eigenvalue weighted by Crippen LogP contribution is -2.47. The van der Waals surface area contributed by atoms with E-state index < -0.39 is 6.10 Å². The lowest BCUT2D eigenvalue weighted by atomic mass is 9.75. The third-order valence-corrected chi connectivity index (χ3v) is 7.84. The SMILES string of the molecule is CCC[C@@H](O)[C@@H]1O[C@H]2c3cccc(OCc4ccccc4)c3CC[C@H]2C(C)(C)S1. The number of aliphatic hydroxyl groups excluding tert-OH is 1. The van der Waals surface area contributed by atoms with E-state index in [0.717, 1.165) is 31.4 Å². The van der Waals surface area contributed by atoms with Crippen LogP contribution in [0.15, 0.2) is 48.5 Å². The molecule has 0 saturated carbocycles. The van der Waals surface area contributed by atoms with Crippen LogP contribution in [0.4, 0.5) is 0 Å². The molecule has 1 N–H and O–H groups in total. The zero-order valence-electron chi connectivity index (χ0n) is 17.6. The monoisotopic (exact) mass is 412 g/mol. The maximum Gasteiger partial charge on any atom is 0.130 e. The summed E-state index contributed by atoms with van der Waals surface area (Å²) in [5.74, 6) is 1.41. The van der Waals surface area contributed by atoms with Crippen LogP contribution in [0.2, 0.25) is 0 Å². The van der Waals surface area contributed by atoms with Crippen molar-refractivity contribution >= 4 is 11.8 Å². The number of hydrogen-bond acceptors (Lipinski definition) is 4. The first kappa shape index (κ1) is 20.8.